The molecule has 0 saturated carbocycles. The molecule has 9 nitrogen and oxygen atoms in total. The van der Waals surface area contributed by atoms with Crippen molar-refractivity contribution in [2.45, 2.75) is 6.92 Å². The van der Waals surface area contributed by atoms with E-state index in [1.807, 2.05) is 48.0 Å². The summed E-state index contributed by atoms with van der Waals surface area (Å²) in [5, 5.41) is 6.09. The number of rotatable bonds is 6. The third kappa shape index (κ3) is 4.41. The third-order valence-electron chi connectivity index (χ3n) is 4.22. The van der Waals surface area contributed by atoms with E-state index in [0.29, 0.717) is 28.8 Å². The standard InChI is InChI=1S/C21H19N7O2/c1-14-24-18(11-19(25-14)28-10-9-22-13-28)26-16-4-6-17(7-5-16)27-21(29)15-3-8-20(30-2)23-12-15/h3-13H,1-2H3,(H,27,29)(H,24,25,26). The van der Waals surface area contributed by atoms with Gasteiger partial charge in [-0.05, 0) is 37.3 Å². The van der Waals surface area contributed by atoms with Crippen LogP contribution < -0.4 is 15.4 Å². The molecule has 0 bridgehead atoms. The number of methoxy groups -OCH3 is 1. The number of imidazole rings is 1. The number of aryl methyl sites for hydroxylation is 1. The normalized spacial score (nSPS) is 10.5. The van der Waals surface area contributed by atoms with E-state index in [0.717, 1.165) is 11.5 Å². The average Bonchev–Trinajstić information content (AvgIpc) is 3.30. The first kappa shape index (κ1) is 19.1. The lowest BCUT2D eigenvalue weighted by molar-refractivity contribution is 0.102. The van der Waals surface area contributed by atoms with Crippen LogP contribution >= 0.6 is 0 Å². The molecule has 0 fully saturated rings. The van der Waals surface area contributed by atoms with Gasteiger partial charge in [0, 0.05) is 42.1 Å². The summed E-state index contributed by atoms with van der Waals surface area (Å²) in [4.78, 5) is 29.3. The van der Waals surface area contributed by atoms with Crippen molar-refractivity contribution in [2.24, 2.45) is 0 Å². The van der Waals surface area contributed by atoms with E-state index in [4.69, 9.17) is 4.74 Å². The maximum Gasteiger partial charge on any atom is 0.257 e. The number of carbonyl (C=O) groups is 1. The Hall–Kier alpha value is -4.27. The molecule has 0 saturated heterocycles. The molecule has 3 aromatic heterocycles. The van der Waals surface area contributed by atoms with Crippen molar-refractivity contribution in [3.63, 3.8) is 0 Å². The zero-order valence-electron chi connectivity index (χ0n) is 16.4. The lowest BCUT2D eigenvalue weighted by atomic mass is 10.2. The fraction of sp³-hybridized carbons (Fsp3) is 0.0952. The number of amides is 1. The maximum atomic E-state index is 12.3. The van der Waals surface area contributed by atoms with E-state index in [1.54, 1.807) is 24.7 Å². The van der Waals surface area contributed by atoms with Gasteiger partial charge in [0.05, 0.1) is 12.7 Å². The molecular formula is C21H19N7O2. The summed E-state index contributed by atoms with van der Waals surface area (Å²) in [5.74, 6) is 2.23. The fourth-order valence-corrected chi connectivity index (χ4v) is 2.77. The first-order chi connectivity index (χ1) is 14.6. The molecule has 0 aliphatic carbocycles. The lowest BCUT2D eigenvalue weighted by Crippen LogP contribution is -2.12. The van der Waals surface area contributed by atoms with Crippen LogP contribution in [0.15, 0.2) is 67.4 Å². The molecule has 30 heavy (non-hydrogen) atoms. The van der Waals surface area contributed by atoms with Gasteiger partial charge in [-0.25, -0.2) is 19.9 Å². The molecule has 1 aromatic carbocycles. The van der Waals surface area contributed by atoms with Gasteiger partial charge in [-0.3, -0.25) is 9.36 Å². The molecule has 4 rings (SSSR count). The summed E-state index contributed by atoms with van der Waals surface area (Å²) in [6, 6.07) is 12.5. The number of hydrogen-bond acceptors (Lipinski definition) is 7. The summed E-state index contributed by atoms with van der Waals surface area (Å²) in [7, 11) is 1.53. The van der Waals surface area contributed by atoms with Gasteiger partial charge in [0.15, 0.2) is 0 Å². The lowest BCUT2D eigenvalue weighted by Gasteiger charge is -2.10. The maximum absolute atomic E-state index is 12.3. The summed E-state index contributed by atoms with van der Waals surface area (Å²) in [5.41, 5.74) is 1.94. The van der Waals surface area contributed by atoms with Gasteiger partial charge in [0.25, 0.3) is 5.91 Å². The van der Waals surface area contributed by atoms with Crippen LogP contribution in [-0.4, -0.2) is 37.5 Å². The molecule has 1 amide bonds. The largest absolute Gasteiger partial charge is 0.481 e. The predicted molar refractivity (Wildman–Crippen MR) is 112 cm³/mol. The first-order valence-corrected chi connectivity index (χ1v) is 9.13. The van der Waals surface area contributed by atoms with Gasteiger partial charge in [-0.2, -0.15) is 0 Å². The molecule has 3 heterocycles. The predicted octanol–water partition coefficient (Wildman–Crippen LogP) is 3.37. The van der Waals surface area contributed by atoms with Gasteiger partial charge in [0.1, 0.15) is 23.8 Å². The highest BCUT2D eigenvalue weighted by Gasteiger charge is 2.08. The monoisotopic (exact) mass is 401 g/mol. The van der Waals surface area contributed by atoms with Crippen LogP contribution in [0, 0.1) is 6.92 Å². The highest BCUT2D eigenvalue weighted by atomic mass is 16.5. The van der Waals surface area contributed by atoms with E-state index in [1.165, 1.54) is 13.3 Å². The van der Waals surface area contributed by atoms with Crippen LogP contribution in [0.1, 0.15) is 16.2 Å². The molecule has 4 aromatic rings. The molecular weight excluding hydrogens is 382 g/mol. The van der Waals surface area contributed by atoms with Gasteiger partial charge in [-0.15, -0.1) is 0 Å². The minimum absolute atomic E-state index is 0.248. The molecule has 0 unspecified atom stereocenters. The number of hydrogen-bond donors (Lipinski definition) is 2. The number of anilines is 3. The van der Waals surface area contributed by atoms with Crippen LogP contribution in [0.5, 0.6) is 5.88 Å². The second-order valence-corrected chi connectivity index (χ2v) is 6.37. The second-order valence-electron chi connectivity index (χ2n) is 6.37. The van der Waals surface area contributed by atoms with Gasteiger partial charge in [0.2, 0.25) is 5.88 Å². The van der Waals surface area contributed by atoms with Crippen molar-refractivity contribution in [1.29, 1.82) is 0 Å². The number of aromatic nitrogens is 5. The van der Waals surface area contributed by atoms with E-state index in [2.05, 4.69) is 30.6 Å². The van der Waals surface area contributed by atoms with Gasteiger partial charge >= 0.3 is 0 Å². The number of benzene rings is 1. The van der Waals surface area contributed by atoms with Gasteiger partial charge in [-0.1, -0.05) is 0 Å². The minimum Gasteiger partial charge on any atom is -0.481 e. The third-order valence-corrected chi connectivity index (χ3v) is 4.22. The van der Waals surface area contributed by atoms with Crippen molar-refractivity contribution in [1.82, 2.24) is 24.5 Å². The van der Waals surface area contributed by atoms with Gasteiger partial charge < -0.3 is 15.4 Å². The molecule has 0 aliphatic heterocycles. The SMILES string of the molecule is COc1ccc(C(=O)Nc2ccc(Nc3cc(-n4ccnc4)nc(C)n3)cc2)cn1. The molecule has 0 spiro atoms. The Kier molecular flexibility index (Phi) is 5.33. The smallest absolute Gasteiger partial charge is 0.257 e. The fourth-order valence-electron chi connectivity index (χ4n) is 2.77. The number of ether oxygens (including phenoxy) is 1. The summed E-state index contributed by atoms with van der Waals surface area (Å²) in [6.07, 6.45) is 6.67. The van der Waals surface area contributed by atoms with Crippen molar-refractivity contribution in [3.05, 3.63) is 78.8 Å². The van der Waals surface area contributed by atoms with E-state index >= 15 is 0 Å². The number of carbonyl (C=O) groups excluding carboxylic acids is 1. The summed E-state index contributed by atoms with van der Waals surface area (Å²) >= 11 is 0. The Labute approximate surface area is 172 Å². The van der Waals surface area contributed by atoms with E-state index in [-0.39, 0.29) is 5.91 Å². The van der Waals surface area contributed by atoms with E-state index < -0.39 is 0 Å². The Morgan fingerprint density at radius 2 is 1.87 bits per heavy atom. The minimum atomic E-state index is -0.248. The molecule has 0 atom stereocenters. The zero-order valence-corrected chi connectivity index (χ0v) is 16.4. The topological polar surface area (TPSA) is 107 Å². The highest BCUT2D eigenvalue weighted by Crippen LogP contribution is 2.20. The quantitative estimate of drug-likeness (QED) is 0.510. The van der Waals surface area contributed by atoms with Crippen molar-refractivity contribution < 1.29 is 9.53 Å². The van der Waals surface area contributed by atoms with Crippen LogP contribution in [0.4, 0.5) is 17.2 Å². The Morgan fingerprint density at radius 3 is 2.53 bits per heavy atom. The van der Waals surface area contributed by atoms with Crippen molar-refractivity contribution >= 4 is 23.1 Å². The molecule has 0 radical (unpaired) electrons. The van der Waals surface area contributed by atoms with E-state index in [9.17, 15) is 4.79 Å². The summed E-state index contributed by atoms with van der Waals surface area (Å²) < 4.78 is 6.81. The zero-order chi connectivity index (χ0) is 20.9. The van der Waals surface area contributed by atoms with Crippen molar-refractivity contribution in [3.8, 4) is 11.7 Å². The molecule has 9 heteroatoms. The molecule has 150 valence electrons. The van der Waals surface area contributed by atoms with Crippen LogP contribution in [0.2, 0.25) is 0 Å². The van der Waals surface area contributed by atoms with Crippen molar-refractivity contribution in [2.75, 3.05) is 17.7 Å². The summed E-state index contributed by atoms with van der Waals surface area (Å²) in [6.45, 7) is 1.83. The van der Waals surface area contributed by atoms with Crippen LogP contribution in [-0.2, 0) is 0 Å². The van der Waals surface area contributed by atoms with Crippen LogP contribution in [0.3, 0.4) is 0 Å². The molecule has 2 N–H and O–H groups in total. The number of pyridine rings is 1. The number of nitrogens with one attached hydrogen (secondary N) is 2. The second kappa shape index (κ2) is 8.39. The molecule has 0 aliphatic rings. The van der Waals surface area contributed by atoms with Crippen LogP contribution in [0.25, 0.3) is 5.82 Å². The highest BCUT2D eigenvalue weighted by molar-refractivity contribution is 6.04. The Balaban J connectivity index is 1.44. The Bertz CT molecular complexity index is 1140. The first-order valence-electron chi connectivity index (χ1n) is 9.13. The Morgan fingerprint density at radius 1 is 1.07 bits per heavy atom. The average molecular weight is 401 g/mol. The number of nitrogens with zero attached hydrogens (tertiary/aromatic N) is 5.